The van der Waals surface area contributed by atoms with Crippen LogP contribution in [0.3, 0.4) is 0 Å². The quantitative estimate of drug-likeness (QED) is 0.442. The first-order chi connectivity index (χ1) is 9.08. The van der Waals surface area contributed by atoms with Crippen molar-refractivity contribution in [3.8, 4) is 0 Å². The minimum absolute atomic E-state index is 0. The number of hydrogen-bond donors (Lipinski definition) is 2. The van der Waals surface area contributed by atoms with Gasteiger partial charge in [0.1, 0.15) is 0 Å². The standard InChI is InChI=1S/C13H23N5O.HI/c1-14-12(19)7-8-16-13(15-2)18(4)10-11-6-5-9-17(11)3;/h5-6,9H,7-8,10H2,1-4H3,(H,14,19)(H,15,16);1H. The smallest absolute Gasteiger partial charge is 0.221 e. The summed E-state index contributed by atoms with van der Waals surface area (Å²) in [6, 6.07) is 4.10. The summed E-state index contributed by atoms with van der Waals surface area (Å²) in [6.07, 6.45) is 2.46. The average molecular weight is 393 g/mol. The van der Waals surface area contributed by atoms with E-state index in [4.69, 9.17) is 0 Å². The Morgan fingerprint density at radius 2 is 2.20 bits per heavy atom. The van der Waals surface area contributed by atoms with Crippen molar-refractivity contribution in [3.63, 3.8) is 0 Å². The Labute approximate surface area is 137 Å². The van der Waals surface area contributed by atoms with E-state index in [9.17, 15) is 4.79 Å². The van der Waals surface area contributed by atoms with Crippen molar-refractivity contribution in [1.29, 1.82) is 0 Å². The summed E-state index contributed by atoms with van der Waals surface area (Å²) in [5.41, 5.74) is 1.21. The summed E-state index contributed by atoms with van der Waals surface area (Å²) < 4.78 is 2.08. The molecule has 0 fully saturated rings. The first kappa shape index (κ1) is 18.8. The van der Waals surface area contributed by atoms with Crippen LogP contribution in [0.4, 0.5) is 0 Å². The number of aryl methyl sites for hydroxylation is 1. The fourth-order valence-electron chi connectivity index (χ4n) is 1.78. The Kier molecular flexibility index (Phi) is 9.02. The van der Waals surface area contributed by atoms with Gasteiger partial charge in [0.2, 0.25) is 5.91 Å². The molecule has 1 rings (SSSR count). The number of amides is 1. The highest BCUT2D eigenvalue weighted by molar-refractivity contribution is 14.0. The predicted molar refractivity (Wildman–Crippen MR) is 92.3 cm³/mol. The summed E-state index contributed by atoms with van der Waals surface area (Å²) >= 11 is 0. The maximum Gasteiger partial charge on any atom is 0.221 e. The fourth-order valence-corrected chi connectivity index (χ4v) is 1.78. The van der Waals surface area contributed by atoms with Gasteiger partial charge in [-0.1, -0.05) is 0 Å². The number of carbonyl (C=O) groups excluding carboxylic acids is 1. The van der Waals surface area contributed by atoms with Gasteiger partial charge in [0.25, 0.3) is 0 Å². The van der Waals surface area contributed by atoms with Crippen LogP contribution in [0.1, 0.15) is 12.1 Å². The van der Waals surface area contributed by atoms with Crippen molar-refractivity contribution >= 4 is 35.8 Å². The molecule has 0 aromatic carbocycles. The lowest BCUT2D eigenvalue weighted by Crippen LogP contribution is -2.40. The summed E-state index contributed by atoms with van der Waals surface area (Å²) in [5, 5.41) is 5.77. The van der Waals surface area contributed by atoms with Gasteiger partial charge in [-0.2, -0.15) is 0 Å². The Bertz CT molecular complexity index is 444. The maximum absolute atomic E-state index is 11.1. The molecule has 1 aromatic rings. The van der Waals surface area contributed by atoms with Gasteiger partial charge >= 0.3 is 0 Å². The van der Waals surface area contributed by atoms with E-state index in [0.29, 0.717) is 13.0 Å². The third-order valence-electron chi connectivity index (χ3n) is 2.94. The highest BCUT2D eigenvalue weighted by Crippen LogP contribution is 2.03. The molecule has 0 spiro atoms. The van der Waals surface area contributed by atoms with Gasteiger partial charge in [-0.25, -0.2) is 0 Å². The van der Waals surface area contributed by atoms with Crippen molar-refractivity contribution in [2.45, 2.75) is 13.0 Å². The van der Waals surface area contributed by atoms with Crippen LogP contribution < -0.4 is 10.6 Å². The minimum atomic E-state index is 0. The molecule has 2 N–H and O–H groups in total. The molecule has 1 heterocycles. The number of nitrogens with one attached hydrogen (secondary N) is 2. The molecule has 1 amide bonds. The van der Waals surface area contributed by atoms with Crippen molar-refractivity contribution in [3.05, 3.63) is 24.0 Å². The molecule has 1 aromatic heterocycles. The monoisotopic (exact) mass is 393 g/mol. The van der Waals surface area contributed by atoms with Gasteiger partial charge in [0, 0.05) is 53.0 Å². The predicted octanol–water partition coefficient (Wildman–Crippen LogP) is 0.786. The van der Waals surface area contributed by atoms with Crippen LogP contribution in [0.2, 0.25) is 0 Å². The molecule has 0 aliphatic heterocycles. The number of hydrogen-bond acceptors (Lipinski definition) is 2. The maximum atomic E-state index is 11.1. The molecule has 7 heteroatoms. The number of aromatic nitrogens is 1. The molecule has 0 radical (unpaired) electrons. The van der Waals surface area contributed by atoms with Gasteiger partial charge in [-0.3, -0.25) is 9.79 Å². The Morgan fingerprint density at radius 1 is 1.50 bits per heavy atom. The summed E-state index contributed by atoms with van der Waals surface area (Å²) in [4.78, 5) is 17.4. The molecule has 114 valence electrons. The van der Waals surface area contributed by atoms with Crippen molar-refractivity contribution < 1.29 is 4.79 Å². The Hall–Kier alpha value is -1.25. The summed E-state index contributed by atoms with van der Waals surface area (Å²) in [5.74, 6) is 0.804. The van der Waals surface area contributed by atoms with Gasteiger partial charge in [0.15, 0.2) is 5.96 Å². The van der Waals surface area contributed by atoms with E-state index in [1.165, 1.54) is 5.69 Å². The van der Waals surface area contributed by atoms with E-state index < -0.39 is 0 Å². The number of halogens is 1. The van der Waals surface area contributed by atoms with Crippen LogP contribution in [-0.4, -0.2) is 49.0 Å². The van der Waals surface area contributed by atoms with Crippen molar-refractivity contribution in [2.75, 3.05) is 27.7 Å². The molecular weight excluding hydrogens is 369 g/mol. The van der Waals surface area contributed by atoms with E-state index in [2.05, 4.69) is 26.3 Å². The van der Waals surface area contributed by atoms with Crippen LogP contribution >= 0.6 is 24.0 Å². The first-order valence-electron chi connectivity index (χ1n) is 6.31. The van der Waals surface area contributed by atoms with Crippen LogP contribution in [0.5, 0.6) is 0 Å². The van der Waals surface area contributed by atoms with E-state index in [-0.39, 0.29) is 29.9 Å². The van der Waals surface area contributed by atoms with Crippen LogP contribution in [0.15, 0.2) is 23.3 Å². The number of guanidine groups is 1. The van der Waals surface area contributed by atoms with E-state index >= 15 is 0 Å². The Morgan fingerprint density at radius 3 is 2.70 bits per heavy atom. The zero-order valence-electron chi connectivity index (χ0n) is 12.5. The molecule has 0 saturated carbocycles. The van der Waals surface area contributed by atoms with E-state index in [1.54, 1.807) is 14.1 Å². The largest absolute Gasteiger partial charge is 0.359 e. The van der Waals surface area contributed by atoms with Crippen LogP contribution in [0, 0.1) is 0 Å². The van der Waals surface area contributed by atoms with Crippen LogP contribution in [0.25, 0.3) is 0 Å². The topological polar surface area (TPSA) is 61.7 Å². The SMILES string of the molecule is CN=C(NCCC(=O)NC)N(C)Cc1cccn1C.I. The molecule has 0 bridgehead atoms. The van der Waals surface area contributed by atoms with Crippen LogP contribution in [-0.2, 0) is 18.4 Å². The van der Waals surface area contributed by atoms with Gasteiger partial charge in [0.05, 0.1) is 6.54 Å². The number of aliphatic imine (C=N–C) groups is 1. The molecule has 0 saturated heterocycles. The third kappa shape index (κ3) is 5.81. The molecule has 0 aliphatic carbocycles. The lowest BCUT2D eigenvalue weighted by molar-refractivity contribution is -0.120. The molecule has 20 heavy (non-hydrogen) atoms. The van der Waals surface area contributed by atoms with Gasteiger partial charge < -0.3 is 20.1 Å². The van der Waals surface area contributed by atoms with Crippen molar-refractivity contribution in [2.24, 2.45) is 12.0 Å². The number of carbonyl (C=O) groups is 1. The second kappa shape index (κ2) is 9.62. The lowest BCUT2D eigenvalue weighted by atomic mass is 10.4. The normalized spacial score (nSPS) is 10.7. The third-order valence-corrected chi connectivity index (χ3v) is 2.94. The molecule has 0 aliphatic rings. The highest BCUT2D eigenvalue weighted by atomic mass is 127. The number of nitrogens with zero attached hydrogens (tertiary/aromatic N) is 3. The molecule has 0 unspecified atom stereocenters. The Balaban J connectivity index is 0.00000361. The minimum Gasteiger partial charge on any atom is -0.359 e. The van der Waals surface area contributed by atoms with Gasteiger partial charge in [-0.05, 0) is 12.1 Å². The van der Waals surface area contributed by atoms with E-state index in [1.807, 2.05) is 31.3 Å². The zero-order valence-corrected chi connectivity index (χ0v) is 14.8. The van der Waals surface area contributed by atoms with Crippen molar-refractivity contribution in [1.82, 2.24) is 20.1 Å². The second-order valence-corrected chi connectivity index (χ2v) is 4.36. The average Bonchev–Trinajstić information content (AvgIpc) is 2.79. The summed E-state index contributed by atoms with van der Waals surface area (Å²) in [6.45, 7) is 1.34. The highest BCUT2D eigenvalue weighted by Gasteiger charge is 2.08. The first-order valence-corrected chi connectivity index (χ1v) is 6.31. The molecular formula is C13H24IN5O. The fraction of sp³-hybridized carbons (Fsp3) is 0.538. The zero-order chi connectivity index (χ0) is 14.3. The van der Waals surface area contributed by atoms with E-state index in [0.717, 1.165) is 12.5 Å². The molecule has 6 nitrogen and oxygen atoms in total. The van der Waals surface area contributed by atoms with Gasteiger partial charge in [-0.15, -0.1) is 24.0 Å². The number of rotatable bonds is 5. The molecule has 0 atom stereocenters. The second-order valence-electron chi connectivity index (χ2n) is 4.36. The lowest BCUT2D eigenvalue weighted by Gasteiger charge is -2.22. The summed E-state index contributed by atoms with van der Waals surface area (Å²) in [7, 11) is 7.37.